The van der Waals surface area contributed by atoms with E-state index in [4.69, 9.17) is 0 Å². The van der Waals surface area contributed by atoms with E-state index in [2.05, 4.69) is 15.9 Å². The Morgan fingerprint density at radius 3 is 2.53 bits per heavy atom. The van der Waals surface area contributed by atoms with Crippen LogP contribution in [0.2, 0.25) is 0 Å². The zero-order chi connectivity index (χ0) is 13.1. The zero-order valence-corrected chi connectivity index (χ0v) is 13.9. The number of carbonyl (C=O) groups is 1. The van der Waals surface area contributed by atoms with Crippen LogP contribution in [-0.2, 0) is 6.54 Å². The van der Waals surface area contributed by atoms with Crippen molar-refractivity contribution < 1.29 is 39.5 Å². The Kier molecular flexibility index (Phi) is 6.00. The summed E-state index contributed by atoms with van der Waals surface area (Å²) in [6.07, 6.45) is 1.29. The monoisotopic (exact) mass is 329 g/mol. The van der Waals surface area contributed by atoms with Crippen molar-refractivity contribution in [3.63, 3.8) is 0 Å². The van der Waals surface area contributed by atoms with E-state index in [1.54, 1.807) is 0 Å². The first-order valence-corrected chi connectivity index (χ1v) is 6.02. The summed E-state index contributed by atoms with van der Waals surface area (Å²) in [6.45, 7) is 0.307. The second kappa shape index (κ2) is 7.05. The van der Waals surface area contributed by atoms with Crippen molar-refractivity contribution in [3.8, 4) is 0 Å². The molecule has 0 saturated carbocycles. The Balaban J connectivity index is 0.00000180. The molecule has 92 valence electrons. The van der Waals surface area contributed by atoms with E-state index >= 15 is 0 Å². The van der Waals surface area contributed by atoms with Crippen LogP contribution in [0, 0.1) is 0 Å². The average molecular weight is 330 g/mol. The number of aromatic nitrogens is 1. The molecule has 1 heterocycles. The number of rotatable bonds is 3. The Morgan fingerprint density at radius 2 is 1.89 bits per heavy atom. The van der Waals surface area contributed by atoms with E-state index in [0.717, 1.165) is 10.0 Å². The Labute approximate surface area is 140 Å². The number of carboxylic acid groups (broad SMARTS) is 1. The van der Waals surface area contributed by atoms with Crippen molar-refractivity contribution in [2.24, 2.45) is 0 Å². The largest absolute Gasteiger partial charge is 1.00 e. The van der Waals surface area contributed by atoms with Gasteiger partial charge in [0.05, 0.1) is 12.5 Å². The molecule has 1 aromatic carbocycles. The maximum Gasteiger partial charge on any atom is 1.00 e. The summed E-state index contributed by atoms with van der Waals surface area (Å²) in [5.74, 6) is -1.30. The number of pyridine rings is 1. The first-order valence-electron chi connectivity index (χ1n) is 5.23. The molecule has 2 aromatic rings. The van der Waals surface area contributed by atoms with Crippen LogP contribution in [0.1, 0.15) is 15.9 Å². The fourth-order valence-corrected chi connectivity index (χ4v) is 2.00. The molecule has 2 rings (SSSR count). The van der Waals surface area contributed by atoms with Gasteiger partial charge in [0.1, 0.15) is 0 Å². The Morgan fingerprint density at radius 1 is 1.21 bits per heavy atom. The first kappa shape index (κ1) is 16.2. The minimum atomic E-state index is -1.30. The van der Waals surface area contributed by atoms with Gasteiger partial charge in [-0.1, -0.05) is 34.1 Å². The van der Waals surface area contributed by atoms with Crippen molar-refractivity contribution in [2.75, 3.05) is 0 Å². The van der Waals surface area contributed by atoms with E-state index in [-0.39, 0.29) is 40.7 Å². The van der Waals surface area contributed by atoms with Crippen LogP contribution in [-0.4, -0.2) is 10.5 Å². The Bertz CT molecular complexity index is 654. The number of carbonyl (C=O) groups excluding carboxylic acids is 1. The van der Waals surface area contributed by atoms with Crippen LogP contribution in [0.15, 0.2) is 51.9 Å². The molecule has 0 N–H and O–H groups in total. The fourth-order valence-electron chi connectivity index (χ4n) is 1.59. The van der Waals surface area contributed by atoms with Crippen molar-refractivity contribution in [1.29, 1.82) is 0 Å². The number of nitrogens with zero attached hydrogens (tertiary/aromatic N) is 1. The molecule has 0 aliphatic rings. The summed E-state index contributed by atoms with van der Waals surface area (Å²) in [5, 5.41) is 10.7. The second-order valence-electron chi connectivity index (χ2n) is 3.76. The zero-order valence-electron chi connectivity index (χ0n) is 10.3. The van der Waals surface area contributed by atoms with Gasteiger partial charge < -0.3 is 14.5 Å². The number of hydrogen-bond acceptors (Lipinski definition) is 3. The minimum Gasteiger partial charge on any atom is -0.545 e. The number of hydrogen-bond donors (Lipinski definition) is 0. The molecule has 0 aliphatic heterocycles. The van der Waals surface area contributed by atoms with Crippen molar-refractivity contribution in [1.82, 2.24) is 4.57 Å². The maximum absolute atomic E-state index is 11.6. The third kappa shape index (κ3) is 4.04. The molecule has 0 amide bonds. The minimum absolute atomic E-state index is 0. The predicted octanol–water partition coefficient (Wildman–Crippen LogP) is -1.97. The van der Waals surface area contributed by atoms with Crippen LogP contribution < -0.4 is 40.2 Å². The SMILES string of the molecule is O=C([O-])c1ccc(=O)n(Cc2ccccc2Br)c1.[Na+]. The first-order chi connectivity index (χ1) is 8.58. The van der Waals surface area contributed by atoms with Crippen LogP contribution in [0.3, 0.4) is 0 Å². The molecule has 0 aliphatic carbocycles. The van der Waals surface area contributed by atoms with Gasteiger partial charge in [0.15, 0.2) is 0 Å². The van der Waals surface area contributed by atoms with E-state index in [1.165, 1.54) is 22.9 Å². The van der Waals surface area contributed by atoms with Crippen LogP contribution in [0.4, 0.5) is 0 Å². The average Bonchev–Trinajstić information content (AvgIpc) is 2.34. The van der Waals surface area contributed by atoms with Gasteiger partial charge >= 0.3 is 29.6 Å². The number of benzene rings is 1. The molecule has 19 heavy (non-hydrogen) atoms. The fraction of sp³-hybridized carbons (Fsp3) is 0.0769. The number of carboxylic acids is 1. The quantitative estimate of drug-likeness (QED) is 0.614. The molecule has 0 bridgehead atoms. The molecule has 0 spiro atoms. The molecule has 4 nitrogen and oxygen atoms in total. The van der Waals surface area contributed by atoms with Crippen LogP contribution in [0.5, 0.6) is 0 Å². The van der Waals surface area contributed by atoms with Crippen molar-refractivity contribution in [2.45, 2.75) is 6.54 Å². The molecule has 0 radical (unpaired) electrons. The summed E-state index contributed by atoms with van der Waals surface area (Å²) in [7, 11) is 0. The van der Waals surface area contributed by atoms with Gasteiger partial charge in [-0.05, 0) is 17.7 Å². The molecular formula is C13H9BrNNaO3. The molecule has 0 atom stereocenters. The van der Waals surface area contributed by atoms with Gasteiger partial charge in [-0.15, -0.1) is 0 Å². The van der Waals surface area contributed by atoms with Gasteiger partial charge in [-0.3, -0.25) is 4.79 Å². The smallest absolute Gasteiger partial charge is 0.545 e. The van der Waals surface area contributed by atoms with E-state index in [1.807, 2.05) is 24.3 Å². The van der Waals surface area contributed by atoms with Gasteiger partial charge in [-0.25, -0.2) is 0 Å². The van der Waals surface area contributed by atoms with Crippen molar-refractivity contribution in [3.05, 3.63) is 68.5 Å². The van der Waals surface area contributed by atoms with Gasteiger partial charge in [0.25, 0.3) is 5.56 Å². The molecular weight excluding hydrogens is 321 g/mol. The standard InChI is InChI=1S/C13H10BrNO3.Na/c14-11-4-2-1-3-9(11)7-15-8-10(13(17)18)5-6-12(15)16;/h1-6,8H,7H2,(H,17,18);/q;+1/p-1. The molecule has 0 fully saturated rings. The summed E-state index contributed by atoms with van der Waals surface area (Å²) in [5.41, 5.74) is 0.632. The summed E-state index contributed by atoms with van der Waals surface area (Å²) in [6, 6.07) is 9.92. The van der Waals surface area contributed by atoms with E-state index in [9.17, 15) is 14.7 Å². The number of aromatic carboxylic acids is 1. The summed E-state index contributed by atoms with van der Waals surface area (Å²) >= 11 is 3.38. The van der Waals surface area contributed by atoms with E-state index in [0.29, 0.717) is 6.54 Å². The van der Waals surface area contributed by atoms with Gasteiger partial charge in [0, 0.05) is 22.3 Å². The molecule has 6 heteroatoms. The van der Waals surface area contributed by atoms with Crippen LogP contribution in [0.25, 0.3) is 0 Å². The van der Waals surface area contributed by atoms with Gasteiger partial charge in [0.2, 0.25) is 0 Å². The van der Waals surface area contributed by atoms with E-state index < -0.39 is 5.97 Å². The maximum atomic E-state index is 11.6. The Hall–Kier alpha value is -0.880. The third-order valence-corrected chi connectivity index (χ3v) is 3.29. The van der Waals surface area contributed by atoms with Crippen LogP contribution >= 0.6 is 15.9 Å². The predicted molar refractivity (Wildman–Crippen MR) is 68.3 cm³/mol. The second-order valence-corrected chi connectivity index (χ2v) is 4.62. The van der Waals surface area contributed by atoms with Gasteiger partial charge in [-0.2, -0.15) is 0 Å². The molecule has 0 saturated heterocycles. The topological polar surface area (TPSA) is 62.1 Å². The van der Waals surface area contributed by atoms with Crippen molar-refractivity contribution >= 4 is 21.9 Å². The third-order valence-electron chi connectivity index (χ3n) is 2.52. The summed E-state index contributed by atoms with van der Waals surface area (Å²) in [4.78, 5) is 22.4. The number of halogens is 1. The molecule has 0 unspecified atom stereocenters. The summed E-state index contributed by atoms with van der Waals surface area (Å²) < 4.78 is 2.21. The molecule has 1 aromatic heterocycles. The normalized spacial score (nSPS) is 9.74.